The molecule has 4 aromatic heterocycles. The molecule has 0 aromatic carbocycles. The fraction of sp³-hybridized carbons (Fsp3) is 0.407. The van der Waals surface area contributed by atoms with Crippen LogP contribution in [0.1, 0.15) is 31.4 Å². The molecule has 0 N–H and O–H groups in total. The van der Waals surface area contributed by atoms with Gasteiger partial charge in [0.1, 0.15) is 11.8 Å². The van der Waals surface area contributed by atoms with Crippen molar-refractivity contribution in [3.63, 3.8) is 0 Å². The second kappa shape index (κ2) is 9.85. The number of rotatable bonds is 8. The summed E-state index contributed by atoms with van der Waals surface area (Å²) in [6, 6.07) is 6.51. The minimum Gasteiger partial charge on any atom is -0.492 e. The van der Waals surface area contributed by atoms with E-state index < -0.39 is 5.82 Å². The van der Waals surface area contributed by atoms with Crippen molar-refractivity contribution < 1.29 is 13.9 Å². The molecule has 4 aromatic rings. The molecule has 0 spiro atoms. The molecule has 11 heteroatoms. The number of nitriles is 1. The molecule has 9 nitrogen and oxygen atoms in total. The summed E-state index contributed by atoms with van der Waals surface area (Å²) in [5, 5.41) is 15.0. The van der Waals surface area contributed by atoms with Crippen molar-refractivity contribution in [1.82, 2.24) is 24.5 Å². The fourth-order valence-electron chi connectivity index (χ4n) is 5.26. The Balaban J connectivity index is 1.21. The first-order valence-electron chi connectivity index (χ1n) is 12.6. The van der Waals surface area contributed by atoms with E-state index in [1.807, 2.05) is 18.5 Å². The van der Waals surface area contributed by atoms with Crippen LogP contribution in [-0.2, 0) is 6.54 Å². The van der Waals surface area contributed by atoms with Crippen LogP contribution in [0.5, 0.6) is 11.6 Å². The van der Waals surface area contributed by atoms with E-state index in [0.717, 1.165) is 46.2 Å². The Morgan fingerprint density at radius 1 is 1.18 bits per heavy atom. The molecule has 2 unspecified atom stereocenters. The van der Waals surface area contributed by atoms with Crippen LogP contribution in [0.15, 0.2) is 36.9 Å². The summed E-state index contributed by atoms with van der Waals surface area (Å²) in [6.45, 7) is 7.19. The van der Waals surface area contributed by atoms with Crippen LogP contribution >= 0.6 is 11.3 Å². The number of methoxy groups -OCH3 is 1. The number of halogens is 1. The predicted molar refractivity (Wildman–Crippen MR) is 142 cm³/mol. The molecule has 7 rings (SSSR count). The molecule has 2 atom stereocenters. The first-order valence-corrected chi connectivity index (χ1v) is 13.4. The number of anilines is 1. The van der Waals surface area contributed by atoms with Crippen LogP contribution in [0.4, 0.5) is 9.52 Å². The van der Waals surface area contributed by atoms with Gasteiger partial charge in [-0.15, -0.1) is 0 Å². The van der Waals surface area contributed by atoms with Crippen LogP contribution in [0.2, 0.25) is 0 Å². The van der Waals surface area contributed by atoms with E-state index in [9.17, 15) is 9.65 Å². The quantitative estimate of drug-likeness (QED) is 0.330. The SMILES string of the molecule is COc1ncc(CN2C3CC2CN(c2ncc(-c4cc(OCC(C)C)cn5ncc(C#N)c45)s2)C3)cc1F. The van der Waals surface area contributed by atoms with Gasteiger partial charge in [-0.05, 0) is 30.0 Å². The van der Waals surface area contributed by atoms with Gasteiger partial charge in [0.15, 0.2) is 10.9 Å². The highest BCUT2D eigenvalue weighted by molar-refractivity contribution is 7.19. The number of ether oxygens (including phenoxy) is 2. The first kappa shape index (κ1) is 24.6. The Kier molecular flexibility index (Phi) is 6.37. The lowest BCUT2D eigenvalue weighted by atomic mass is 9.87. The highest BCUT2D eigenvalue weighted by atomic mass is 32.1. The summed E-state index contributed by atoms with van der Waals surface area (Å²) < 4.78 is 26.8. The van der Waals surface area contributed by atoms with Gasteiger partial charge < -0.3 is 14.4 Å². The average Bonchev–Trinajstić information content (AvgIpc) is 3.58. The molecule has 3 saturated heterocycles. The highest BCUT2D eigenvalue weighted by Crippen LogP contribution is 2.40. The Labute approximate surface area is 224 Å². The Morgan fingerprint density at radius 2 is 2.00 bits per heavy atom. The van der Waals surface area contributed by atoms with Gasteiger partial charge in [0.05, 0.1) is 42.1 Å². The summed E-state index contributed by atoms with van der Waals surface area (Å²) in [5.74, 6) is 0.693. The van der Waals surface area contributed by atoms with Crippen molar-refractivity contribution in [2.45, 2.75) is 38.9 Å². The largest absolute Gasteiger partial charge is 0.492 e. The fourth-order valence-corrected chi connectivity index (χ4v) is 6.21. The third-order valence-corrected chi connectivity index (χ3v) is 8.18. The highest BCUT2D eigenvalue weighted by Gasteiger charge is 2.45. The van der Waals surface area contributed by atoms with Crippen LogP contribution in [0.3, 0.4) is 0 Å². The van der Waals surface area contributed by atoms with Crippen molar-refractivity contribution in [2.75, 3.05) is 31.7 Å². The van der Waals surface area contributed by atoms with Crippen LogP contribution in [0.25, 0.3) is 16.0 Å². The van der Waals surface area contributed by atoms with Crippen molar-refractivity contribution >= 4 is 22.0 Å². The topological polar surface area (TPSA) is 91.8 Å². The number of thiazole rings is 1. The van der Waals surface area contributed by atoms with Crippen LogP contribution < -0.4 is 14.4 Å². The van der Waals surface area contributed by atoms with Gasteiger partial charge in [-0.3, -0.25) is 4.90 Å². The molecule has 3 fully saturated rings. The lowest BCUT2D eigenvalue weighted by molar-refractivity contribution is -0.00860. The molecule has 7 heterocycles. The maximum absolute atomic E-state index is 14.1. The zero-order chi connectivity index (χ0) is 26.4. The maximum atomic E-state index is 14.1. The molecule has 38 heavy (non-hydrogen) atoms. The first-order chi connectivity index (χ1) is 18.4. The lowest BCUT2D eigenvalue weighted by Crippen LogP contribution is -2.68. The Morgan fingerprint density at radius 3 is 2.71 bits per heavy atom. The minimum absolute atomic E-state index is 0.0235. The van der Waals surface area contributed by atoms with E-state index in [4.69, 9.17) is 14.5 Å². The number of aromatic nitrogens is 4. The average molecular weight is 534 g/mol. The molecule has 0 amide bonds. The molecular weight excluding hydrogens is 505 g/mol. The van der Waals surface area contributed by atoms with E-state index in [-0.39, 0.29) is 5.88 Å². The van der Waals surface area contributed by atoms with Crippen LogP contribution in [-0.4, -0.2) is 63.4 Å². The van der Waals surface area contributed by atoms with Gasteiger partial charge in [-0.25, -0.2) is 18.9 Å². The maximum Gasteiger partial charge on any atom is 0.250 e. The molecule has 0 aliphatic carbocycles. The molecule has 3 aliphatic rings. The molecule has 2 bridgehead atoms. The Bertz CT molecular complexity index is 1520. The zero-order valence-electron chi connectivity index (χ0n) is 21.5. The summed E-state index contributed by atoms with van der Waals surface area (Å²) in [6.07, 6.45) is 8.09. The second-order valence-corrected chi connectivity index (χ2v) is 11.2. The van der Waals surface area contributed by atoms with Crippen molar-refractivity contribution in [1.29, 1.82) is 5.26 Å². The van der Waals surface area contributed by atoms with Gasteiger partial charge in [0.2, 0.25) is 5.88 Å². The van der Waals surface area contributed by atoms with Gasteiger partial charge in [0, 0.05) is 49.7 Å². The Hall–Kier alpha value is -3.75. The molecule has 196 valence electrons. The number of piperidine rings is 1. The van der Waals surface area contributed by atoms with E-state index in [2.05, 4.69) is 39.8 Å². The number of pyridine rings is 2. The van der Waals surface area contributed by atoms with Crippen molar-refractivity contribution in [3.05, 3.63) is 53.9 Å². The normalized spacial score (nSPS) is 19.0. The van der Waals surface area contributed by atoms with E-state index >= 15 is 0 Å². The molecule has 0 saturated carbocycles. The smallest absolute Gasteiger partial charge is 0.250 e. The predicted octanol–water partition coefficient (Wildman–Crippen LogP) is 4.37. The van der Waals surface area contributed by atoms with E-state index in [1.165, 1.54) is 13.2 Å². The van der Waals surface area contributed by atoms with Gasteiger partial charge >= 0.3 is 0 Å². The van der Waals surface area contributed by atoms with Crippen molar-refractivity contribution in [2.24, 2.45) is 5.92 Å². The third kappa shape index (κ3) is 4.44. The standard InChI is InChI=1S/C27H28FN7O2S/c1-16(2)15-37-21-6-22(25-18(7-29)9-32-35(25)14-21)24-10-31-27(38-24)33-12-19-5-20(13-33)34(19)11-17-4-23(28)26(36-3)30-8-17/h4,6,8-10,14,16,19-20H,5,11-13,15H2,1-3H3. The number of fused-ring (bicyclic) bond motifs is 3. The van der Waals surface area contributed by atoms with Gasteiger partial charge in [-0.1, -0.05) is 25.2 Å². The number of piperazine rings is 1. The number of hydrogen-bond donors (Lipinski definition) is 0. The molecular formula is C27H28FN7O2S. The third-order valence-electron chi connectivity index (χ3n) is 7.09. The monoisotopic (exact) mass is 533 g/mol. The van der Waals surface area contributed by atoms with Gasteiger partial charge in [-0.2, -0.15) is 10.4 Å². The zero-order valence-corrected chi connectivity index (χ0v) is 22.3. The lowest BCUT2D eigenvalue weighted by Gasteiger charge is -2.56. The number of hydrogen-bond acceptors (Lipinski definition) is 9. The summed E-state index contributed by atoms with van der Waals surface area (Å²) in [7, 11) is 1.42. The number of nitrogens with zero attached hydrogens (tertiary/aromatic N) is 7. The van der Waals surface area contributed by atoms with E-state index in [0.29, 0.717) is 42.5 Å². The summed E-state index contributed by atoms with van der Waals surface area (Å²) in [4.78, 5) is 14.5. The summed E-state index contributed by atoms with van der Waals surface area (Å²) >= 11 is 1.61. The molecule has 0 radical (unpaired) electrons. The second-order valence-electron chi connectivity index (χ2n) is 10.2. The van der Waals surface area contributed by atoms with E-state index in [1.54, 1.807) is 28.2 Å². The molecule has 3 aliphatic heterocycles. The van der Waals surface area contributed by atoms with Gasteiger partial charge in [0.25, 0.3) is 0 Å². The van der Waals surface area contributed by atoms with Crippen LogP contribution in [0, 0.1) is 23.1 Å². The van der Waals surface area contributed by atoms with Crippen molar-refractivity contribution in [3.8, 4) is 28.1 Å². The minimum atomic E-state index is -0.432. The summed E-state index contributed by atoms with van der Waals surface area (Å²) in [5.41, 5.74) is 3.01.